The number of aromatic nitrogens is 2. The third kappa shape index (κ3) is 2.60. The minimum atomic E-state index is 0.0333. The van der Waals surface area contributed by atoms with Gasteiger partial charge in [0, 0.05) is 30.2 Å². The molecule has 0 radical (unpaired) electrons. The third-order valence-electron chi connectivity index (χ3n) is 3.99. The molecule has 112 valence electrons. The number of nitrogens with one attached hydrogen (secondary N) is 1. The number of para-hydroxylation sites is 1. The highest BCUT2D eigenvalue weighted by atomic mass is 16.1. The Bertz CT molecular complexity index is 896. The van der Waals surface area contributed by atoms with Crippen molar-refractivity contribution in [2.45, 2.75) is 20.4 Å². The number of rotatable bonds is 3. The standard InChI is InChI=1S/C18H19N3O/c1-12-10-14-6-4-5-7-16(14)20-17(12)19-11-15-9-8-13(2)21(3)18(15)22/h4-10H,11H2,1-3H3,(H,19,20). The second-order valence-electron chi connectivity index (χ2n) is 5.56. The number of benzene rings is 1. The van der Waals surface area contributed by atoms with Crippen molar-refractivity contribution < 1.29 is 0 Å². The Morgan fingerprint density at radius 3 is 2.73 bits per heavy atom. The average Bonchev–Trinajstić information content (AvgIpc) is 2.52. The lowest BCUT2D eigenvalue weighted by molar-refractivity contribution is 0.799. The van der Waals surface area contributed by atoms with Crippen molar-refractivity contribution >= 4 is 16.7 Å². The summed E-state index contributed by atoms with van der Waals surface area (Å²) < 4.78 is 1.66. The molecule has 0 fully saturated rings. The van der Waals surface area contributed by atoms with Gasteiger partial charge in [0.05, 0.1) is 5.52 Å². The van der Waals surface area contributed by atoms with Crippen LogP contribution in [-0.2, 0) is 13.6 Å². The van der Waals surface area contributed by atoms with Crippen molar-refractivity contribution in [3.63, 3.8) is 0 Å². The lowest BCUT2D eigenvalue weighted by atomic mass is 10.1. The second kappa shape index (κ2) is 5.64. The summed E-state index contributed by atoms with van der Waals surface area (Å²) in [6.07, 6.45) is 0. The second-order valence-corrected chi connectivity index (χ2v) is 5.56. The first-order valence-electron chi connectivity index (χ1n) is 7.32. The Hall–Kier alpha value is -2.62. The molecule has 2 aromatic heterocycles. The van der Waals surface area contributed by atoms with E-state index in [0.29, 0.717) is 6.54 Å². The lowest BCUT2D eigenvalue weighted by Gasteiger charge is -2.11. The monoisotopic (exact) mass is 293 g/mol. The first-order valence-corrected chi connectivity index (χ1v) is 7.32. The van der Waals surface area contributed by atoms with Crippen LogP contribution in [0.1, 0.15) is 16.8 Å². The van der Waals surface area contributed by atoms with Crippen molar-refractivity contribution in [1.82, 2.24) is 9.55 Å². The van der Waals surface area contributed by atoms with Crippen LogP contribution in [0.25, 0.3) is 10.9 Å². The van der Waals surface area contributed by atoms with E-state index in [1.165, 1.54) is 0 Å². The lowest BCUT2D eigenvalue weighted by Crippen LogP contribution is -2.24. The van der Waals surface area contributed by atoms with E-state index in [0.717, 1.165) is 33.5 Å². The van der Waals surface area contributed by atoms with E-state index in [2.05, 4.69) is 22.4 Å². The van der Waals surface area contributed by atoms with Crippen molar-refractivity contribution in [2.24, 2.45) is 7.05 Å². The molecule has 4 nitrogen and oxygen atoms in total. The van der Waals surface area contributed by atoms with E-state index in [4.69, 9.17) is 0 Å². The molecule has 1 aromatic carbocycles. The minimum absolute atomic E-state index is 0.0333. The van der Waals surface area contributed by atoms with Gasteiger partial charge >= 0.3 is 0 Å². The molecule has 0 spiro atoms. The Morgan fingerprint density at radius 2 is 1.91 bits per heavy atom. The molecule has 2 heterocycles. The normalized spacial score (nSPS) is 10.9. The zero-order valence-electron chi connectivity index (χ0n) is 13.1. The van der Waals surface area contributed by atoms with Crippen LogP contribution in [-0.4, -0.2) is 9.55 Å². The Kier molecular flexibility index (Phi) is 3.67. The number of anilines is 1. The first-order chi connectivity index (χ1) is 10.6. The fourth-order valence-corrected chi connectivity index (χ4v) is 2.49. The molecule has 0 amide bonds. The molecule has 3 rings (SSSR count). The van der Waals surface area contributed by atoms with E-state index < -0.39 is 0 Å². The molecule has 0 aliphatic rings. The zero-order valence-corrected chi connectivity index (χ0v) is 13.1. The highest BCUT2D eigenvalue weighted by molar-refractivity contribution is 5.81. The Morgan fingerprint density at radius 1 is 1.14 bits per heavy atom. The van der Waals surface area contributed by atoms with E-state index in [1.807, 2.05) is 44.2 Å². The van der Waals surface area contributed by atoms with E-state index >= 15 is 0 Å². The average molecular weight is 293 g/mol. The van der Waals surface area contributed by atoms with Gasteiger partial charge in [0.15, 0.2) is 0 Å². The summed E-state index contributed by atoms with van der Waals surface area (Å²) in [7, 11) is 1.79. The maximum atomic E-state index is 12.2. The molecule has 0 aliphatic heterocycles. The van der Waals surface area contributed by atoms with Crippen LogP contribution in [0, 0.1) is 13.8 Å². The molecule has 22 heavy (non-hydrogen) atoms. The largest absolute Gasteiger partial charge is 0.366 e. The predicted molar refractivity (Wildman–Crippen MR) is 90.2 cm³/mol. The summed E-state index contributed by atoms with van der Waals surface area (Å²) in [5, 5.41) is 4.41. The van der Waals surface area contributed by atoms with Crippen molar-refractivity contribution in [1.29, 1.82) is 0 Å². The van der Waals surface area contributed by atoms with Crippen molar-refractivity contribution in [3.05, 3.63) is 69.6 Å². The molecule has 1 N–H and O–H groups in total. The molecule has 3 aromatic rings. The highest BCUT2D eigenvalue weighted by Gasteiger charge is 2.06. The SMILES string of the molecule is Cc1cc2ccccc2nc1NCc1ccc(C)n(C)c1=O. The molecule has 0 saturated carbocycles. The zero-order chi connectivity index (χ0) is 15.7. The highest BCUT2D eigenvalue weighted by Crippen LogP contribution is 2.19. The third-order valence-corrected chi connectivity index (χ3v) is 3.99. The van der Waals surface area contributed by atoms with Crippen LogP contribution < -0.4 is 10.9 Å². The number of pyridine rings is 2. The van der Waals surface area contributed by atoms with Crippen LogP contribution in [0.2, 0.25) is 0 Å². The van der Waals surface area contributed by atoms with Gasteiger partial charge in [0.1, 0.15) is 5.82 Å². The van der Waals surface area contributed by atoms with Crippen LogP contribution in [0.4, 0.5) is 5.82 Å². The quantitative estimate of drug-likeness (QED) is 0.807. The van der Waals surface area contributed by atoms with E-state index in [1.54, 1.807) is 11.6 Å². The van der Waals surface area contributed by atoms with Crippen LogP contribution in [0.3, 0.4) is 0 Å². The number of fused-ring (bicyclic) bond motifs is 1. The maximum absolute atomic E-state index is 12.2. The molecule has 0 unspecified atom stereocenters. The van der Waals surface area contributed by atoms with Gasteiger partial charge in [0.25, 0.3) is 5.56 Å². The molecule has 0 atom stereocenters. The molecular weight excluding hydrogens is 274 g/mol. The number of nitrogens with zero attached hydrogens (tertiary/aromatic N) is 2. The summed E-state index contributed by atoms with van der Waals surface area (Å²) in [4.78, 5) is 16.9. The van der Waals surface area contributed by atoms with Crippen LogP contribution in [0.5, 0.6) is 0 Å². The summed E-state index contributed by atoms with van der Waals surface area (Å²) in [5.74, 6) is 0.821. The number of hydrogen-bond donors (Lipinski definition) is 1. The first kappa shape index (κ1) is 14.3. The van der Waals surface area contributed by atoms with Gasteiger partial charge in [-0.2, -0.15) is 0 Å². The summed E-state index contributed by atoms with van der Waals surface area (Å²) in [6.45, 7) is 4.42. The minimum Gasteiger partial charge on any atom is -0.366 e. The molecule has 0 bridgehead atoms. The summed E-state index contributed by atoms with van der Waals surface area (Å²) >= 11 is 0. The maximum Gasteiger partial charge on any atom is 0.255 e. The number of aryl methyl sites for hydroxylation is 2. The van der Waals surface area contributed by atoms with Gasteiger partial charge in [-0.3, -0.25) is 4.79 Å². The fourth-order valence-electron chi connectivity index (χ4n) is 2.49. The van der Waals surface area contributed by atoms with Gasteiger partial charge in [-0.1, -0.05) is 24.3 Å². The topological polar surface area (TPSA) is 46.9 Å². The molecule has 0 aliphatic carbocycles. The Labute approximate surface area is 129 Å². The van der Waals surface area contributed by atoms with E-state index in [9.17, 15) is 4.79 Å². The van der Waals surface area contributed by atoms with Gasteiger partial charge in [0.2, 0.25) is 0 Å². The fraction of sp³-hybridized carbons (Fsp3) is 0.222. The Balaban J connectivity index is 1.90. The summed E-state index contributed by atoms with van der Waals surface area (Å²) in [5.41, 5.74) is 3.75. The van der Waals surface area contributed by atoms with E-state index in [-0.39, 0.29) is 5.56 Å². The van der Waals surface area contributed by atoms with Crippen molar-refractivity contribution in [3.8, 4) is 0 Å². The molecular formula is C18H19N3O. The van der Waals surface area contributed by atoms with Gasteiger partial charge in [-0.25, -0.2) is 4.98 Å². The van der Waals surface area contributed by atoms with Gasteiger partial charge in [-0.15, -0.1) is 0 Å². The molecule has 4 heteroatoms. The smallest absolute Gasteiger partial charge is 0.255 e. The van der Waals surface area contributed by atoms with Gasteiger partial charge in [-0.05, 0) is 37.6 Å². The van der Waals surface area contributed by atoms with Crippen molar-refractivity contribution in [2.75, 3.05) is 5.32 Å². The van der Waals surface area contributed by atoms with Gasteiger partial charge < -0.3 is 9.88 Å². The van der Waals surface area contributed by atoms with Crippen LogP contribution in [0.15, 0.2) is 47.3 Å². The molecule has 0 saturated heterocycles. The summed E-state index contributed by atoms with van der Waals surface area (Å²) in [6, 6.07) is 14.0. The van der Waals surface area contributed by atoms with Crippen LogP contribution >= 0.6 is 0 Å². The number of hydrogen-bond acceptors (Lipinski definition) is 3. The predicted octanol–water partition coefficient (Wildman–Crippen LogP) is 3.16.